The van der Waals surface area contributed by atoms with Gasteiger partial charge >= 0.3 is 0 Å². The number of hydrogen-bond donors (Lipinski definition) is 2. The highest BCUT2D eigenvalue weighted by atomic mass is 16.3. The van der Waals surface area contributed by atoms with Gasteiger partial charge in [0.05, 0.1) is 19.1 Å². The van der Waals surface area contributed by atoms with Crippen molar-refractivity contribution in [2.24, 2.45) is 10.9 Å². The molecule has 0 saturated heterocycles. The molecule has 1 saturated carbocycles. The summed E-state index contributed by atoms with van der Waals surface area (Å²) in [5, 5.41) is 6.66. The van der Waals surface area contributed by atoms with Gasteiger partial charge in [0.1, 0.15) is 0 Å². The molecule has 2 atom stereocenters. The Morgan fingerprint density at radius 1 is 1.62 bits per heavy atom. The second kappa shape index (κ2) is 5.05. The van der Waals surface area contributed by atoms with E-state index in [0.717, 1.165) is 24.0 Å². The second-order valence-corrected chi connectivity index (χ2v) is 4.29. The highest BCUT2D eigenvalue weighted by Crippen LogP contribution is 2.28. The number of guanidine groups is 1. The molecule has 1 aromatic rings. The summed E-state index contributed by atoms with van der Waals surface area (Å²) < 4.78 is 5.01. The van der Waals surface area contributed by atoms with E-state index >= 15 is 0 Å². The molecule has 0 aromatic carbocycles. The molecule has 2 unspecified atom stereocenters. The van der Waals surface area contributed by atoms with Gasteiger partial charge in [-0.15, -0.1) is 0 Å². The van der Waals surface area contributed by atoms with Crippen molar-refractivity contribution in [3.05, 3.63) is 24.2 Å². The van der Waals surface area contributed by atoms with Crippen molar-refractivity contribution in [2.75, 3.05) is 6.54 Å². The quantitative estimate of drug-likeness (QED) is 0.601. The third-order valence-electron chi connectivity index (χ3n) is 2.78. The van der Waals surface area contributed by atoms with Gasteiger partial charge in [0, 0.05) is 18.2 Å². The summed E-state index contributed by atoms with van der Waals surface area (Å²) in [5.74, 6) is 1.68. The fraction of sp³-hybridized carbons (Fsp3) is 0.583. The highest BCUT2D eigenvalue weighted by molar-refractivity contribution is 5.80. The molecule has 4 nitrogen and oxygen atoms in total. The maximum absolute atomic E-state index is 5.01. The highest BCUT2D eigenvalue weighted by Gasteiger charge is 2.33. The van der Waals surface area contributed by atoms with Gasteiger partial charge in [-0.1, -0.05) is 6.92 Å². The van der Waals surface area contributed by atoms with Crippen LogP contribution in [0.4, 0.5) is 0 Å². The molecule has 0 bridgehead atoms. The molecular weight excluding hydrogens is 202 g/mol. The molecule has 0 amide bonds. The Morgan fingerprint density at radius 3 is 3.00 bits per heavy atom. The summed E-state index contributed by atoms with van der Waals surface area (Å²) >= 11 is 0. The molecule has 4 heteroatoms. The third kappa shape index (κ3) is 3.02. The van der Waals surface area contributed by atoms with Crippen molar-refractivity contribution < 1.29 is 4.42 Å². The minimum absolute atomic E-state index is 0.599. The molecular formula is C12H19N3O. The van der Waals surface area contributed by atoms with Crippen molar-refractivity contribution in [3.63, 3.8) is 0 Å². The molecule has 1 fully saturated rings. The first-order valence-corrected chi connectivity index (χ1v) is 5.85. The van der Waals surface area contributed by atoms with E-state index in [1.54, 1.807) is 12.5 Å². The van der Waals surface area contributed by atoms with Gasteiger partial charge in [-0.05, 0) is 25.3 Å². The number of hydrogen-bond acceptors (Lipinski definition) is 2. The minimum Gasteiger partial charge on any atom is -0.472 e. The fourth-order valence-corrected chi connectivity index (χ4v) is 1.57. The van der Waals surface area contributed by atoms with E-state index in [-0.39, 0.29) is 0 Å². The Bertz CT molecular complexity index is 345. The van der Waals surface area contributed by atoms with Crippen LogP contribution in [0.25, 0.3) is 0 Å². The number of nitrogens with one attached hydrogen (secondary N) is 2. The lowest BCUT2D eigenvalue weighted by Gasteiger charge is -2.10. The first-order chi connectivity index (χ1) is 7.79. The van der Waals surface area contributed by atoms with Crippen LogP contribution in [-0.2, 0) is 6.54 Å². The maximum Gasteiger partial charge on any atom is 0.191 e. The number of nitrogens with zero attached hydrogens (tertiary/aromatic N) is 1. The van der Waals surface area contributed by atoms with Crippen molar-refractivity contribution in [1.29, 1.82) is 0 Å². The Morgan fingerprint density at radius 2 is 2.44 bits per heavy atom. The summed E-state index contributed by atoms with van der Waals surface area (Å²) in [6.45, 7) is 5.87. The first kappa shape index (κ1) is 11.0. The Balaban J connectivity index is 1.87. The summed E-state index contributed by atoms with van der Waals surface area (Å²) in [5.41, 5.74) is 1.10. The second-order valence-electron chi connectivity index (χ2n) is 4.29. The van der Waals surface area contributed by atoms with Gasteiger partial charge in [0.15, 0.2) is 5.96 Å². The minimum atomic E-state index is 0.599. The van der Waals surface area contributed by atoms with Gasteiger partial charge in [-0.3, -0.25) is 0 Å². The smallest absolute Gasteiger partial charge is 0.191 e. The summed E-state index contributed by atoms with van der Waals surface area (Å²) in [7, 11) is 0. The molecule has 1 aromatic heterocycles. The molecule has 2 rings (SSSR count). The molecule has 88 valence electrons. The van der Waals surface area contributed by atoms with Crippen LogP contribution in [-0.4, -0.2) is 18.5 Å². The number of furan rings is 1. The van der Waals surface area contributed by atoms with E-state index in [1.165, 1.54) is 6.42 Å². The summed E-state index contributed by atoms with van der Waals surface area (Å²) in [4.78, 5) is 4.50. The topological polar surface area (TPSA) is 49.6 Å². The predicted molar refractivity (Wildman–Crippen MR) is 64.2 cm³/mol. The first-order valence-electron chi connectivity index (χ1n) is 5.85. The van der Waals surface area contributed by atoms with Crippen LogP contribution in [0.5, 0.6) is 0 Å². The van der Waals surface area contributed by atoms with Crippen LogP contribution in [0.1, 0.15) is 25.8 Å². The molecule has 0 aliphatic heterocycles. The summed E-state index contributed by atoms with van der Waals surface area (Å²) in [6.07, 6.45) is 4.65. The van der Waals surface area contributed by atoms with Crippen molar-refractivity contribution in [1.82, 2.24) is 10.6 Å². The molecule has 1 aliphatic carbocycles. The van der Waals surface area contributed by atoms with Crippen LogP contribution in [0.2, 0.25) is 0 Å². The Hall–Kier alpha value is -1.45. The zero-order chi connectivity index (χ0) is 11.4. The standard InChI is InChI=1S/C12H19N3O/c1-3-13-12(15-11-6-9(11)2)14-7-10-4-5-16-8-10/h4-5,8-9,11H,3,6-7H2,1-2H3,(H2,13,14,15). The van der Waals surface area contributed by atoms with E-state index in [0.29, 0.717) is 12.6 Å². The zero-order valence-corrected chi connectivity index (χ0v) is 9.86. The van der Waals surface area contributed by atoms with Crippen LogP contribution < -0.4 is 10.6 Å². The van der Waals surface area contributed by atoms with Crippen LogP contribution in [0.3, 0.4) is 0 Å². The van der Waals surface area contributed by atoms with Gasteiger partial charge in [0.25, 0.3) is 0 Å². The van der Waals surface area contributed by atoms with Gasteiger partial charge in [0.2, 0.25) is 0 Å². The average molecular weight is 221 g/mol. The lowest BCUT2D eigenvalue weighted by atomic mass is 10.3. The van der Waals surface area contributed by atoms with Crippen molar-refractivity contribution in [2.45, 2.75) is 32.9 Å². The number of rotatable bonds is 4. The number of aliphatic imine (C=N–C) groups is 1. The maximum atomic E-state index is 5.01. The van der Waals surface area contributed by atoms with E-state index in [4.69, 9.17) is 4.42 Å². The van der Waals surface area contributed by atoms with Crippen molar-refractivity contribution >= 4 is 5.96 Å². The normalized spacial score (nSPS) is 24.2. The SMILES string of the molecule is CCNC(=NCc1ccoc1)NC1CC1C. The molecule has 1 aliphatic rings. The van der Waals surface area contributed by atoms with E-state index < -0.39 is 0 Å². The molecule has 0 radical (unpaired) electrons. The predicted octanol–water partition coefficient (Wildman–Crippen LogP) is 1.74. The molecule has 0 spiro atoms. The van der Waals surface area contributed by atoms with Crippen LogP contribution in [0, 0.1) is 5.92 Å². The lowest BCUT2D eigenvalue weighted by molar-refractivity contribution is 0.564. The van der Waals surface area contributed by atoms with E-state index in [9.17, 15) is 0 Å². The third-order valence-corrected chi connectivity index (χ3v) is 2.78. The Kier molecular flexibility index (Phi) is 3.49. The van der Waals surface area contributed by atoms with Gasteiger partial charge < -0.3 is 15.1 Å². The largest absolute Gasteiger partial charge is 0.472 e. The van der Waals surface area contributed by atoms with Crippen LogP contribution >= 0.6 is 0 Å². The fourth-order valence-electron chi connectivity index (χ4n) is 1.57. The van der Waals surface area contributed by atoms with E-state index in [2.05, 4.69) is 29.5 Å². The molecule has 16 heavy (non-hydrogen) atoms. The van der Waals surface area contributed by atoms with Gasteiger partial charge in [-0.2, -0.15) is 0 Å². The average Bonchev–Trinajstić information content (AvgIpc) is 2.80. The lowest BCUT2D eigenvalue weighted by Crippen LogP contribution is -2.39. The summed E-state index contributed by atoms with van der Waals surface area (Å²) in [6, 6.07) is 2.54. The van der Waals surface area contributed by atoms with Gasteiger partial charge in [-0.25, -0.2) is 4.99 Å². The molecule has 1 heterocycles. The zero-order valence-electron chi connectivity index (χ0n) is 9.86. The van der Waals surface area contributed by atoms with Crippen LogP contribution in [0.15, 0.2) is 28.0 Å². The monoisotopic (exact) mass is 221 g/mol. The molecule has 2 N–H and O–H groups in total. The Labute approximate surface area is 96.1 Å². The van der Waals surface area contributed by atoms with E-state index in [1.807, 2.05) is 6.07 Å². The van der Waals surface area contributed by atoms with Crippen molar-refractivity contribution in [3.8, 4) is 0 Å².